The third-order valence-corrected chi connectivity index (χ3v) is 8.80. The van der Waals surface area contributed by atoms with E-state index in [1.165, 1.54) is 16.7 Å². The van der Waals surface area contributed by atoms with Gasteiger partial charge in [-0.1, -0.05) is 30.0 Å². The topological polar surface area (TPSA) is 78.8 Å². The maximum Gasteiger partial charge on any atom is 0.416 e. The second kappa shape index (κ2) is 9.87. The number of carbonyl (C=O) groups is 1. The van der Waals surface area contributed by atoms with Gasteiger partial charge in [0, 0.05) is 24.8 Å². The SMILES string of the molecule is CO[C@@]1(C)O[C@@H]2[C@H]3N=C(N(C)C(=O)OC(C)(C)C)S[C@H]3O[C@H](CSc3ccccc3)[C@H]2OC1(C)C. The van der Waals surface area contributed by atoms with Crippen molar-refractivity contribution in [2.45, 2.75) is 93.2 Å². The molecule has 4 rings (SSSR count). The first-order valence-corrected chi connectivity index (χ1v) is 13.7. The Balaban J connectivity index is 1.58. The minimum Gasteiger partial charge on any atom is -0.443 e. The predicted octanol–water partition coefficient (Wildman–Crippen LogP) is 4.77. The zero-order valence-electron chi connectivity index (χ0n) is 21.6. The fourth-order valence-corrected chi connectivity index (χ4v) is 6.36. The number of methoxy groups -OCH3 is 1. The van der Waals surface area contributed by atoms with Gasteiger partial charge in [0.15, 0.2) is 11.0 Å². The molecule has 0 aliphatic carbocycles. The third-order valence-electron chi connectivity index (χ3n) is 6.48. The molecular weight excluding hydrogens is 488 g/mol. The maximum absolute atomic E-state index is 12.7. The number of amides is 1. The quantitative estimate of drug-likeness (QED) is 0.522. The fraction of sp³-hybridized carbons (Fsp3) is 0.680. The summed E-state index contributed by atoms with van der Waals surface area (Å²) in [5.41, 5.74) is -1.63. The summed E-state index contributed by atoms with van der Waals surface area (Å²) in [4.78, 5) is 20.1. The first-order chi connectivity index (χ1) is 16.3. The highest BCUT2D eigenvalue weighted by Crippen LogP contribution is 2.48. The molecule has 0 saturated carbocycles. The van der Waals surface area contributed by atoms with Gasteiger partial charge in [-0.05, 0) is 53.7 Å². The van der Waals surface area contributed by atoms with Gasteiger partial charge in [-0.15, -0.1) is 11.8 Å². The van der Waals surface area contributed by atoms with E-state index in [9.17, 15) is 4.79 Å². The smallest absolute Gasteiger partial charge is 0.416 e. The Hall–Kier alpha value is -1.30. The Bertz CT molecular complexity index is 953. The number of hydrogen-bond donors (Lipinski definition) is 0. The van der Waals surface area contributed by atoms with E-state index in [1.807, 2.05) is 59.7 Å². The summed E-state index contributed by atoms with van der Waals surface area (Å²) >= 11 is 3.13. The van der Waals surface area contributed by atoms with Crippen LogP contribution in [0, 0.1) is 0 Å². The van der Waals surface area contributed by atoms with Crippen LogP contribution < -0.4 is 0 Å². The standard InChI is InChI=1S/C25H36N2O6S2/c1-23(2,3)33-22(28)27(7)21-26-17-19-18(31-24(4,5)25(6,29-8)32-19)16(30-20(17)35-21)14-34-15-12-10-9-11-13-15/h9-13,16-20H,14H2,1-8H3/t16-,17-,18-,19-,20-,25+/m1/s1. The van der Waals surface area contributed by atoms with Crippen molar-refractivity contribution in [3.8, 4) is 0 Å². The van der Waals surface area contributed by atoms with Crippen molar-refractivity contribution >= 4 is 34.8 Å². The van der Waals surface area contributed by atoms with E-state index in [1.54, 1.807) is 25.9 Å². The third kappa shape index (κ3) is 5.52. The van der Waals surface area contributed by atoms with E-state index < -0.39 is 29.2 Å². The molecule has 3 aliphatic heterocycles. The molecular formula is C25H36N2O6S2. The number of fused-ring (bicyclic) bond motifs is 3. The maximum atomic E-state index is 12.7. The van der Waals surface area contributed by atoms with Crippen LogP contribution >= 0.6 is 23.5 Å². The molecule has 0 unspecified atom stereocenters. The molecule has 1 aromatic rings. The fourth-order valence-electron chi connectivity index (χ4n) is 4.21. The van der Waals surface area contributed by atoms with E-state index in [4.69, 9.17) is 28.7 Å². The molecule has 0 spiro atoms. The van der Waals surface area contributed by atoms with Crippen LogP contribution in [0.15, 0.2) is 40.2 Å². The van der Waals surface area contributed by atoms with E-state index in [-0.39, 0.29) is 23.7 Å². The molecule has 2 saturated heterocycles. The lowest BCUT2D eigenvalue weighted by molar-refractivity contribution is -0.402. The Morgan fingerprint density at radius 2 is 1.86 bits per heavy atom. The van der Waals surface area contributed by atoms with E-state index in [0.29, 0.717) is 10.9 Å². The zero-order chi connectivity index (χ0) is 25.6. The molecule has 0 radical (unpaired) electrons. The number of nitrogens with zero attached hydrogens (tertiary/aromatic N) is 2. The highest BCUT2D eigenvalue weighted by molar-refractivity contribution is 8.14. The number of rotatable bonds is 4. The van der Waals surface area contributed by atoms with Crippen LogP contribution in [0.4, 0.5) is 4.79 Å². The van der Waals surface area contributed by atoms with Gasteiger partial charge in [-0.3, -0.25) is 9.89 Å². The van der Waals surface area contributed by atoms with Crippen LogP contribution in [0.25, 0.3) is 0 Å². The van der Waals surface area contributed by atoms with E-state index in [0.717, 1.165) is 4.90 Å². The number of ether oxygens (including phenoxy) is 5. The predicted molar refractivity (Wildman–Crippen MR) is 138 cm³/mol. The minimum absolute atomic E-state index is 0.235. The Morgan fingerprint density at radius 1 is 1.17 bits per heavy atom. The molecule has 35 heavy (non-hydrogen) atoms. The van der Waals surface area contributed by atoms with Crippen molar-refractivity contribution in [3.05, 3.63) is 30.3 Å². The van der Waals surface area contributed by atoms with Crippen LogP contribution in [0.2, 0.25) is 0 Å². The number of hydrogen-bond acceptors (Lipinski definition) is 9. The largest absolute Gasteiger partial charge is 0.443 e. The first kappa shape index (κ1) is 26.8. The van der Waals surface area contributed by atoms with Gasteiger partial charge in [0.2, 0.25) is 0 Å². The molecule has 3 aliphatic rings. The van der Waals surface area contributed by atoms with Crippen LogP contribution in [0.3, 0.4) is 0 Å². The summed E-state index contributed by atoms with van der Waals surface area (Å²) in [7, 11) is 3.29. The van der Waals surface area contributed by atoms with Crippen LogP contribution in [-0.2, 0) is 23.7 Å². The van der Waals surface area contributed by atoms with Crippen molar-refractivity contribution in [2.24, 2.45) is 4.99 Å². The van der Waals surface area contributed by atoms with Crippen molar-refractivity contribution in [1.29, 1.82) is 0 Å². The summed E-state index contributed by atoms with van der Waals surface area (Å²) in [6.45, 7) is 11.3. The molecule has 3 heterocycles. The second-order valence-corrected chi connectivity index (χ2v) is 12.7. The van der Waals surface area contributed by atoms with Gasteiger partial charge < -0.3 is 23.7 Å². The average molecular weight is 525 g/mol. The highest BCUT2D eigenvalue weighted by atomic mass is 32.2. The van der Waals surface area contributed by atoms with Crippen molar-refractivity contribution in [1.82, 2.24) is 4.90 Å². The number of aliphatic imine (C=N–C) groups is 1. The molecule has 1 amide bonds. The van der Waals surface area contributed by atoms with Gasteiger partial charge in [0.1, 0.15) is 34.9 Å². The summed E-state index contributed by atoms with van der Waals surface area (Å²) < 4.78 is 31.1. The van der Waals surface area contributed by atoms with Crippen LogP contribution in [0.5, 0.6) is 0 Å². The Morgan fingerprint density at radius 3 is 2.49 bits per heavy atom. The Labute approximate surface area is 216 Å². The number of thioether (sulfide) groups is 2. The first-order valence-electron chi connectivity index (χ1n) is 11.8. The molecule has 194 valence electrons. The van der Waals surface area contributed by atoms with Gasteiger partial charge >= 0.3 is 6.09 Å². The average Bonchev–Trinajstić information content (AvgIpc) is 3.21. The number of amidine groups is 1. The molecule has 0 aromatic heterocycles. The van der Waals surface area contributed by atoms with Gasteiger partial charge in [0.05, 0.1) is 6.10 Å². The number of benzene rings is 1. The summed E-state index contributed by atoms with van der Waals surface area (Å²) in [6, 6.07) is 9.86. The zero-order valence-corrected chi connectivity index (χ0v) is 23.3. The number of carbonyl (C=O) groups excluding carboxylic acids is 1. The van der Waals surface area contributed by atoms with Gasteiger partial charge in [-0.25, -0.2) is 4.79 Å². The van der Waals surface area contributed by atoms with Gasteiger partial charge in [0.25, 0.3) is 0 Å². The molecule has 0 N–H and O–H groups in total. The molecule has 8 nitrogen and oxygen atoms in total. The normalized spacial score (nSPS) is 33.9. The van der Waals surface area contributed by atoms with E-state index in [2.05, 4.69) is 12.1 Å². The lowest BCUT2D eigenvalue weighted by Gasteiger charge is -2.56. The molecule has 2 fully saturated rings. The highest BCUT2D eigenvalue weighted by Gasteiger charge is 2.61. The lowest BCUT2D eigenvalue weighted by atomic mass is 9.90. The Kier molecular flexibility index (Phi) is 7.54. The van der Waals surface area contributed by atoms with Crippen molar-refractivity contribution in [2.75, 3.05) is 19.9 Å². The minimum atomic E-state index is -0.965. The van der Waals surface area contributed by atoms with Gasteiger partial charge in [-0.2, -0.15) is 0 Å². The van der Waals surface area contributed by atoms with Crippen LogP contribution in [0.1, 0.15) is 41.5 Å². The van der Waals surface area contributed by atoms with Crippen LogP contribution in [-0.4, -0.2) is 82.9 Å². The monoisotopic (exact) mass is 524 g/mol. The molecule has 10 heteroatoms. The summed E-state index contributed by atoms with van der Waals surface area (Å²) in [6.07, 6.45) is -1.44. The van der Waals surface area contributed by atoms with Crippen molar-refractivity contribution < 1.29 is 28.5 Å². The summed E-state index contributed by atoms with van der Waals surface area (Å²) in [5.74, 6) is -0.275. The van der Waals surface area contributed by atoms with E-state index >= 15 is 0 Å². The molecule has 0 bridgehead atoms. The second-order valence-electron chi connectivity index (χ2n) is 10.6. The molecule has 1 aromatic carbocycles. The lowest BCUT2D eigenvalue weighted by Crippen LogP contribution is -2.70. The summed E-state index contributed by atoms with van der Waals surface area (Å²) in [5, 5.41) is 0.539. The molecule has 6 atom stereocenters. The van der Waals surface area contributed by atoms with Crippen molar-refractivity contribution in [3.63, 3.8) is 0 Å².